The molecule has 0 aromatic heterocycles. The SMILES string of the molecule is CCOC(=O)/C(C=N[C@@H](C)COC(C)=O)=C(\O)c1cc(F)c(F)c(F)c1[N+](=O)[O-]. The average molecular weight is 418 g/mol. The summed E-state index contributed by atoms with van der Waals surface area (Å²) >= 11 is 0. The molecule has 158 valence electrons. The molecule has 0 radical (unpaired) electrons. The number of hydrogen-bond donors (Lipinski definition) is 1. The van der Waals surface area contributed by atoms with Crippen molar-refractivity contribution >= 4 is 29.6 Å². The van der Waals surface area contributed by atoms with Crippen LogP contribution < -0.4 is 0 Å². The lowest BCUT2D eigenvalue weighted by Gasteiger charge is -2.10. The van der Waals surface area contributed by atoms with Gasteiger partial charge in [-0.3, -0.25) is 19.9 Å². The van der Waals surface area contributed by atoms with Crippen LogP contribution in [-0.2, 0) is 19.1 Å². The van der Waals surface area contributed by atoms with E-state index in [4.69, 9.17) is 9.47 Å². The summed E-state index contributed by atoms with van der Waals surface area (Å²) in [4.78, 5) is 36.4. The topological polar surface area (TPSA) is 128 Å². The molecule has 0 bridgehead atoms. The summed E-state index contributed by atoms with van der Waals surface area (Å²) in [6, 6.07) is -0.547. The lowest BCUT2D eigenvalue weighted by molar-refractivity contribution is -0.388. The highest BCUT2D eigenvalue weighted by atomic mass is 19.2. The molecule has 1 rings (SSSR count). The number of halogens is 3. The number of benzene rings is 1. The molecule has 1 atom stereocenters. The second-order valence-corrected chi connectivity index (χ2v) is 5.55. The largest absolute Gasteiger partial charge is 0.506 e. The van der Waals surface area contributed by atoms with Crippen LogP contribution in [0.25, 0.3) is 5.76 Å². The van der Waals surface area contributed by atoms with Crippen molar-refractivity contribution in [2.24, 2.45) is 4.99 Å². The number of nitro groups is 1. The van der Waals surface area contributed by atoms with Crippen molar-refractivity contribution in [3.8, 4) is 0 Å². The minimum Gasteiger partial charge on any atom is -0.506 e. The Hall–Kier alpha value is -3.44. The van der Waals surface area contributed by atoms with Crippen molar-refractivity contribution in [2.75, 3.05) is 13.2 Å². The highest BCUT2D eigenvalue weighted by Gasteiger charge is 2.31. The molecule has 0 fully saturated rings. The molecule has 0 saturated heterocycles. The second kappa shape index (κ2) is 10.2. The summed E-state index contributed by atoms with van der Waals surface area (Å²) in [5.41, 5.74) is -3.45. The highest BCUT2D eigenvalue weighted by molar-refractivity contribution is 6.15. The third-order valence-corrected chi connectivity index (χ3v) is 3.31. The quantitative estimate of drug-likeness (QED) is 0.131. The number of rotatable bonds is 8. The molecular weight excluding hydrogens is 401 g/mol. The van der Waals surface area contributed by atoms with Gasteiger partial charge in [0.2, 0.25) is 11.6 Å². The van der Waals surface area contributed by atoms with Crippen LogP contribution in [-0.4, -0.2) is 47.4 Å². The Morgan fingerprint density at radius 2 is 1.93 bits per heavy atom. The number of aliphatic hydroxyl groups is 1. The number of ether oxygens (including phenoxy) is 2. The maximum atomic E-state index is 13.8. The fourth-order valence-electron chi connectivity index (χ4n) is 1.99. The minimum atomic E-state index is -2.15. The van der Waals surface area contributed by atoms with E-state index in [1.165, 1.54) is 13.8 Å². The van der Waals surface area contributed by atoms with Gasteiger partial charge in [0.1, 0.15) is 23.5 Å². The Kier molecular flexibility index (Phi) is 8.30. The monoisotopic (exact) mass is 418 g/mol. The van der Waals surface area contributed by atoms with Crippen molar-refractivity contribution in [1.29, 1.82) is 0 Å². The smallest absolute Gasteiger partial charge is 0.343 e. The van der Waals surface area contributed by atoms with Gasteiger partial charge in [0, 0.05) is 13.1 Å². The molecule has 0 amide bonds. The van der Waals surface area contributed by atoms with Crippen LogP contribution in [0.5, 0.6) is 0 Å². The fraction of sp³-hybridized carbons (Fsp3) is 0.353. The lowest BCUT2D eigenvalue weighted by Crippen LogP contribution is -2.16. The van der Waals surface area contributed by atoms with Gasteiger partial charge in [0.05, 0.1) is 17.6 Å². The van der Waals surface area contributed by atoms with E-state index in [0.717, 1.165) is 13.1 Å². The van der Waals surface area contributed by atoms with Crippen LogP contribution in [0.3, 0.4) is 0 Å². The first kappa shape index (κ1) is 23.6. The summed E-state index contributed by atoms with van der Waals surface area (Å²) in [7, 11) is 0. The number of carbonyl (C=O) groups is 2. The molecule has 1 aromatic rings. The van der Waals surface area contributed by atoms with Crippen molar-refractivity contribution in [3.05, 3.63) is 44.8 Å². The zero-order valence-electron chi connectivity index (χ0n) is 15.6. The van der Waals surface area contributed by atoms with E-state index in [0.29, 0.717) is 0 Å². The number of esters is 2. The van der Waals surface area contributed by atoms with Crippen LogP contribution in [0, 0.1) is 27.6 Å². The normalized spacial score (nSPS) is 13.0. The van der Waals surface area contributed by atoms with Crippen molar-refractivity contribution in [1.82, 2.24) is 0 Å². The van der Waals surface area contributed by atoms with Crippen LogP contribution in [0.4, 0.5) is 18.9 Å². The standard InChI is InChI=1S/C17H17F3N2O7/c1-4-28-17(25)11(6-21-8(2)7-29-9(3)23)16(24)10-5-12(18)13(19)14(20)15(10)22(26)27/h5-6,8,24H,4,7H2,1-3H3/b16-11-,21-6?/t8-/m0/s1. The molecule has 1 N–H and O–H groups in total. The van der Waals surface area contributed by atoms with E-state index in [9.17, 15) is 38.0 Å². The molecule has 9 nitrogen and oxygen atoms in total. The molecule has 0 aliphatic heterocycles. The number of nitrogens with zero attached hydrogens (tertiary/aromatic N) is 2. The van der Waals surface area contributed by atoms with Crippen LogP contribution in [0.2, 0.25) is 0 Å². The first-order valence-electron chi connectivity index (χ1n) is 8.10. The predicted molar refractivity (Wildman–Crippen MR) is 93.7 cm³/mol. The first-order chi connectivity index (χ1) is 13.5. The van der Waals surface area contributed by atoms with Gasteiger partial charge in [-0.2, -0.15) is 4.39 Å². The summed E-state index contributed by atoms with van der Waals surface area (Å²) in [5, 5.41) is 21.4. The van der Waals surface area contributed by atoms with Gasteiger partial charge >= 0.3 is 17.6 Å². The second-order valence-electron chi connectivity index (χ2n) is 5.55. The Morgan fingerprint density at radius 1 is 1.31 bits per heavy atom. The van der Waals surface area contributed by atoms with Crippen molar-refractivity contribution in [2.45, 2.75) is 26.8 Å². The van der Waals surface area contributed by atoms with Gasteiger partial charge in [-0.05, 0) is 19.9 Å². The van der Waals surface area contributed by atoms with Crippen LogP contribution in [0.15, 0.2) is 16.6 Å². The van der Waals surface area contributed by atoms with Crippen LogP contribution in [0.1, 0.15) is 26.3 Å². The maximum absolute atomic E-state index is 13.8. The predicted octanol–water partition coefficient (Wildman–Crippen LogP) is 2.87. The Labute approximate surface area is 162 Å². The summed E-state index contributed by atoms with van der Waals surface area (Å²) in [5.74, 6) is -9.15. The van der Waals surface area contributed by atoms with Crippen molar-refractivity contribution in [3.63, 3.8) is 0 Å². The summed E-state index contributed by atoms with van der Waals surface area (Å²) < 4.78 is 50.2. The zero-order chi connectivity index (χ0) is 22.3. The van der Waals surface area contributed by atoms with Crippen LogP contribution >= 0.6 is 0 Å². The molecule has 0 aliphatic carbocycles. The first-order valence-corrected chi connectivity index (χ1v) is 8.10. The van der Waals surface area contributed by atoms with E-state index in [1.54, 1.807) is 0 Å². The summed E-state index contributed by atoms with van der Waals surface area (Å²) in [6.45, 7) is 3.69. The van der Waals surface area contributed by atoms with Gasteiger partial charge in [0.15, 0.2) is 5.82 Å². The highest BCUT2D eigenvalue weighted by Crippen LogP contribution is 2.32. The third kappa shape index (κ3) is 6.02. The fourth-order valence-corrected chi connectivity index (χ4v) is 1.99. The van der Waals surface area contributed by atoms with E-state index in [2.05, 4.69) is 4.99 Å². The third-order valence-electron chi connectivity index (χ3n) is 3.31. The Morgan fingerprint density at radius 3 is 2.45 bits per heavy atom. The Bertz CT molecular complexity index is 884. The summed E-state index contributed by atoms with van der Waals surface area (Å²) in [6.07, 6.45) is 0.740. The van der Waals surface area contributed by atoms with E-state index < -0.39 is 62.9 Å². The molecule has 0 heterocycles. The molecule has 0 aliphatic rings. The molecule has 0 spiro atoms. The average Bonchev–Trinajstić information content (AvgIpc) is 2.63. The van der Waals surface area contributed by atoms with Gasteiger partial charge in [-0.15, -0.1) is 0 Å². The molecule has 0 unspecified atom stereocenters. The number of carbonyl (C=O) groups excluding carboxylic acids is 2. The van der Waals surface area contributed by atoms with Crippen molar-refractivity contribution < 1.29 is 42.3 Å². The van der Waals surface area contributed by atoms with E-state index in [1.807, 2.05) is 0 Å². The van der Waals surface area contributed by atoms with E-state index >= 15 is 0 Å². The lowest BCUT2D eigenvalue weighted by atomic mass is 10.1. The molecular formula is C17H17F3N2O7. The van der Waals surface area contributed by atoms with Gasteiger partial charge in [-0.1, -0.05) is 0 Å². The number of aliphatic imine (C=N–C) groups is 1. The number of hydrogen-bond acceptors (Lipinski definition) is 8. The molecule has 1 aromatic carbocycles. The molecule has 0 saturated carbocycles. The van der Waals surface area contributed by atoms with Gasteiger partial charge < -0.3 is 14.6 Å². The number of aliphatic hydroxyl groups excluding tert-OH is 1. The maximum Gasteiger partial charge on any atom is 0.343 e. The van der Waals surface area contributed by atoms with Gasteiger partial charge in [0.25, 0.3) is 0 Å². The molecule has 12 heteroatoms. The number of nitro benzene ring substituents is 1. The zero-order valence-corrected chi connectivity index (χ0v) is 15.6. The van der Waals surface area contributed by atoms with E-state index in [-0.39, 0.29) is 19.3 Å². The molecule has 29 heavy (non-hydrogen) atoms. The Balaban J connectivity index is 3.56. The minimum absolute atomic E-state index is 0.166. The van der Waals surface area contributed by atoms with Gasteiger partial charge in [-0.25, -0.2) is 13.6 Å².